The highest BCUT2D eigenvalue weighted by Crippen LogP contribution is 2.49. The number of carbonyl (C=O) groups excluding carboxylic acids is 1. The van der Waals surface area contributed by atoms with Crippen molar-refractivity contribution in [1.29, 1.82) is 0 Å². The minimum atomic E-state index is -4.89. The lowest BCUT2D eigenvalue weighted by molar-refractivity contribution is -0.145. The molecule has 212 valence electrons. The number of carbonyl (C=O) groups is 1. The van der Waals surface area contributed by atoms with E-state index in [1.807, 2.05) is 0 Å². The molecule has 3 fully saturated rings. The van der Waals surface area contributed by atoms with Crippen molar-refractivity contribution in [1.82, 2.24) is 19.3 Å². The molecule has 0 amide bonds. The van der Waals surface area contributed by atoms with Crippen LogP contribution in [0.3, 0.4) is 0 Å². The molecule has 6 rings (SSSR count). The van der Waals surface area contributed by atoms with Gasteiger partial charge in [-0.2, -0.15) is 30.6 Å². The van der Waals surface area contributed by atoms with Crippen LogP contribution in [0, 0.1) is 11.7 Å². The van der Waals surface area contributed by atoms with Crippen LogP contribution in [-0.4, -0.2) is 45.5 Å². The Labute approximate surface area is 223 Å². The van der Waals surface area contributed by atoms with Crippen LogP contribution in [0.5, 0.6) is 0 Å². The number of nitrogens with zero attached hydrogens (tertiary/aromatic N) is 4. The van der Waals surface area contributed by atoms with Crippen molar-refractivity contribution in [2.75, 3.05) is 0 Å². The second kappa shape index (κ2) is 9.87. The van der Waals surface area contributed by atoms with Crippen LogP contribution in [0.15, 0.2) is 53.8 Å². The molecule has 40 heavy (non-hydrogen) atoms. The fourth-order valence-corrected chi connectivity index (χ4v) is 7.03. The third-order valence-electron chi connectivity index (χ3n) is 7.06. The van der Waals surface area contributed by atoms with Gasteiger partial charge < -0.3 is 0 Å². The molecule has 3 aromatic rings. The number of hydrogen-bond donors (Lipinski definition) is 0. The lowest BCUT2D eigenvalue weighted by Crippen LogP contribution is -2.41. The maximum absolute atomic E-state index is 13.7. The Bertz CT molecular complexity index is 1540. The number of alkyl halides is 6. The summed E-state index contributed by atoms with van der Waals surface area (Å²) in [7, 11) is -4.17. The van der Waals surface area contributed by atoms with Crippen molar-refractivity contribution in [3.63, 3.8) is 0 Å². The van der Waals surface area contributed by atoms with Gasteiger partial charge in [-0.25, -0.2) is 22.8 Å². The highest BCUT2D eigenvalue weighted by molar-refractivity contribution is 7.89. The Balaban J connectivity index is 1.39. The minimum Gasteiger partial charge on any atom is -0.298 e. The summed E-state index contributed by atoms with van der Waals surface area (Å²) in [4.78, 5) is 22.9. The number of aromatic nitrogens is 3. The Hall–Kier alpha value is -3.46. The SMILES string of the molecule is O=C(CCc1cc(-c2cnc(C(F)(F)F)nc2)cnc1C(F)(F)F)[C@@H]1C2CC(C2)N1S(=O)(=O)c1ccc(F)cc1. The number of fused-ring (bicyclic) bond motifs is 1. The second-order valence-corrected chi connectivity index (χ2v) is 11.5. The van der Waals surface area contributed by atoms with Crippen molar-refractivity contribution >= 4 is 15.8 Å². The zero-order valence-electron chi connectivity index (χ0n) is 20.2. The second-order valence-electron chi connectivity index (χ2n) is 9.61. The number of aryl methyl sites for hydroxylation is 1. The number of benzene rings is 1. The Morgan fingerprint density at radius 2 is 1.50 bits per heavy atom. The number of pyridine rings is 1. The molecule has 7 nitrogen and oxygen atoms in total. The molecule has 1 aliphatic carbocycles. The predicted molar refractivity (Wildman–Crippen MR) is 124 cm³/mol. The van der Waals surface area contributed by atoms with Crippen LogP contribution in [0.2, 0.25) is 0 Å². The van der Waals surface area contributed by atoms with Crippen molar-refractivity contribution in [3.8, 4) is 11.1 Å². The molecule has 2 aromatic heterocycles. The largest absolute Gasteiger partial charge is 0.451 e. The normalized spacial score (nSPS) is 21.3. The molecule has 2 bridgehead atoms. The van der Waals surface area contributed by atoms with Gasteiger partial charge in [0.1, 0.15) is 11.5 Å². The number of halogens is 7. The average Bonchev–Trinajstić information content (AvgIpc) is 3.44. The van der Waals surface area contributed by atoms with Gasteiger partial charge in [0.25, 0.3) is 0 Å². The molecule has 2 saturated heterocycles. The van der Waals surface area contributed by atoms with Gasteiger partial charge in [0.05, 0.1) is 10.9 Å². The zero-order valence-corrected chi connectivity index (χ0v) is 21.1. The third kappa shape index (κ3) is 5.19. The van der Waals surface area contributed by atoms with Crippen LogP contribution in [-0.2, 0) is 33.6 Å². The first-order chi connectivity index (χ1) is 18.7. The Kier molecular flexibility index (Phi) is 6.93. The van der Waals surface area contributed by atoms with E-state index in [0.717, 1.165) is 53.2 Å². The predicted octanol–water partition coefficient (Wildman–Crippen LogP) is 5.07. The highest BCUT2D eigenvalue weighted by atomic mass is 32.2. The van der Waals surface area contributed by atoms with E-state index in [-0.39, 0.29) is 21.9 Å². The maximum atomic E-state index is 13.7. The molecule has 0 spiro atoms. The fourth-order valence-electron chi connectivity index (χ4n) is 5.15. The van der Waals surface area contributed by atoms with E-state index in [2.05, 4.69) is 15.0 Å². The van der Waals surface area contributed by atoms with E-state index in [1.54, 1.807) is 0 Å². The minimum absolute atomic E-state index is 0.00723. The topological polar surface area (TPSA) is 93.1 Å². The first-order valence-corrected chi connectivity index (χ1v) is 13.4. The summed E-state index contributed by atoms with van der Waals surface area (Å²) in [6, 6.07) is 3.66. The average molecular weight is 589 g/mol. The van der Waals surface area contributed by atoms with Crippen LogP contribution >= 0.6 is 0 Å². The third-order valence-corrected chi connectivity index (χ3v) is 9.01. The van der Waals surface area contributed by atoms with Crippen LogP contribution in [0.4, 0.5) is 30.7 Å². The molecule has 15 heteroatoms. The van der Waals surface area contributed by atoms with Gasteiger partial charge >= 0.3 is 12.4 Å². The number of sulfonamides is 1. The Morgan fingerprint density at radius 3 is 2.08 bits per heavy atom. The molecular weight excluding hydrogens is 569 g/mol. The van der Waals surface area contributed by atoms with E-state index >= 15 is 0 Å². The molecule has 1 saturated carbocycles. The standard InChI is InChI=1S/C25H19F7N4O3S/c26-17-2-4-19(5-3-17)40(38,39)36-18-8-14(9-18)21(36)20(37)6-1-13-7-15(10-33-22(13)24(27,28)29)16-11-34-23(35-12-16)25(30,31)32/h2-5,7,10-12,14,18,21H,1,6,8-9H2/t14?,18?,21-/m0/s1. The molecule has 3 aliphatic rings. The van der Waals surface area contributed by atoms with Gasteiger partial charge in [-0.15, -0.1) is 0 Å². The number of hydrogen-bond acceptors (Lipinski definition) is 6. The smallest absolute Gasteiger partial charge is 0.298 e. The number of rotatable bonds is 7. The van der Waals surface area contributed by atoms with Gasteiger partial charge in [0.15, 0.2) is 5.78 Å². The van der Waals surface area contributed by atoms with Gasteiger partial charge in [-0.3, -0.25) is 9.78 Å². The summed E-state index contributed by atoms with van der Waals surface area (Å²) in [5.41, 5.74) is -1.68. The molecule has 4 heterocycles. The van der Waals surface area contributed by atoms with Crippen molar-refractivity contribution in [2.24, 2.45) is 5.92 Å². The number of ketones is 1. The lowest BCUT2D eigenvalue weighted by atomic mass is 9.81. The van der Waals surface area contributed by atoms with E-state index in [0.29, 0.717) is 12.8 Å². The maximum Gasteiger partial charge on any atom is 0.451 e. The lowest BCUT2D eigenvalue weighted by Gasteiger charge is -2.25. The molecule has 1 atom stereocenters. The molecule has 0 N–H and O–H groups in total. The summed E-state index contributed by atoms with van der Waals surface area (Å²) in [5.74, 6) is -2.93. The van der Waals surface area contributed by atoms with E-state index in [9.17, 15) is 43.9 Å². The fraction of sp³-hybridized carbons (Fsp3) is 0.360. The monoisotopic (exact) mass is 588 g/mol. The zero-order chi connectivity index (χ0) is 29.0. The van der Waals surface area contributed by atoms with Crippen molar-refractivity contribution < 1.29 is 43.9 Å². The summed E-state index contributed by atoms with van der Waals surface area (Å²) in [6.45, 7) is 0. The van der Waals surface area contributed by atoms with Gasteiger partial charge in [-0.1, -0.05) is 0 Å². The molecule has 0 unspecified atom stereocenters. The summed E-state index contributed by atoms with van der Waals surface area (Å²) in [5, 5.41) is 0. The van der Waals surface area contributed by atoms with Crippen LogP contribution in [0.25, 0.3) is 11.1 Å². The van der Waals surface area contributed by atoms with Crippen LogP contribution in [0.1, 0.15) is 36.3 Å². The Morgan fingerprint density at radius 1 is 0.900 bits per heavy atom. The molecule has 1 aromatic carbocycles. The van der Waals surface area contributed by atoms with E-state index in [4.69, 9.17) is 0 Å². The summed E-state index contributed by atoms with van der Waals surface area (Å²) in [6.07, 6.45) is -7.30. The van der Waals surface area contributed by atoms with Gasteiger partial charge in [-0.05, 0) is 61.1 Å². The van der Waals surface area contributed by atoms with Gasteiger partial charge in [0.2, 0.25) is 15.8 Å². The summed E-state index contributed by atoms with van der Waals surface area (Å²) < 4.78 is 120. The first kappa shape index (κ1) is 28.1. The van der Waals surface area contributed by atoms with Crippen LogP contribution < -0.4 is 0 Å². The summed E-state index contributed by atoms with van der Waals surface area (Å²) >= 11 is 0. The van der Waals surface area contributed by atoms with Crippen molar-refractivity contribution in [3.05, 3.63) is 71.8 Å². The first-order valence-electron chi connectivity index (χ1n) is 11.9. The van der Waals surface area contributed by atoms with E-state index in [1.165, 1.54) is 0 Å². The molecule has 2 aliphatic heterocycles. The molecule has 0 radical (unpaired) electrons. The molecular formula is C25H19F7N4O3S. The van der Waals surface area contributed by atoms with Crippen molar-refractivity contribution in [2.45, 2.75) is 55.0 Å². The van der Waals surface area contributed by atoms with Gasteiger partial charge in [0, 0.05) is 42.2 Å². The quantitative estimate of drug-likeness (QED) is 0.358. The highest BCUT2D eigenvalue weighted by Gasteiger charge is 2.58. The van der Waals surface area contributed by atoms with E-state index < -0.39 is 76.0 Å². The number of Topliss-reactive ketones (excluding diaryl/α,β-unsaturated/α-hetero) is 1.